The number of likely N-dealkylation sites (tertiary alicyclic amines) is 1. The zero-order valence-corrected chi connectivity index (χ0v) is 12.6. The predicted molar refractivity (Wildman–Crippen MR) is 75.9 cm³/mol. The Kier molecular flexibility index (Phi) is 5.25. The highest BCUT2D eigenvalue weighted by atomic mass is 19.3. The second kappa shape index (κ2) is 6.33. The van der Waals surface area contributed by atoms with Gasteiger partial charge in [0, 0.05) is 45.7 Å². The summed E-state index contributed by atoms with van der Waals surface area (Å²) in [5.74, 6) is -2.38. The normalized spacial score (nSPS) is 20.5. The number of carbonyl (C=O) groups is 1. The summed E-state index contributed by atoms with van der Waals surface area (Å²) in [6.45, 7) is 7.55. The summed E-state index contributed by atoms with van der Waals surface area (Å²) >= 11 is 0. The fourth-order valence-electron chi connectivity index (χ4n) is 1.95. The van der Waals surface area contributed by atoms with Crippen LogP contribution in [0, 0.1) is 5.92 Å². The number of Topliss-reactive ketones (excluding diaryl/α,β-unsaturated/α-hetero) is 1. The molecule has 0 saturated carbocycles. The van der Waals surface area contributed by atoms with Crippen LogP contribution in [0.1, 0.15) is 26.7 Å². The second-order valence-corrected chi connectivity index (χ2v) is 5.47. The highest BCUT2D eigenvalue weighted by Gasteiger charge is 2.35. The van der Waals surface area contributed by atoms with Gasteiger partial charge in [0.1, 0.15) is 5.78 Å². The van der Waals surface area contributed by atoms with Gasteiger partial charge in [0.2, 0.25) is 5.96 Å². The first-order valence-corrected chi connectivity index (χ1v) is 6.72. The Hall–Kier alpha value is -1.46. The van der Waals surface area contributed by atoms with Crippen molar-refractivity contribution in [3.05, 3.63) is 12.3 Å². The average Bonchev–Trinajstić information content (AvgIpc) is 2.34. The number of guanidine groups is 1. The van der Waals surface area contributed by atoms with Crippen molar-refractivity contribution in [3.8, 4) is 0 Å². The molecular formula is C14H23F2N3O. The first-order valence-electron chi connectivity index (χ1n) is 6.72. The Morgan fingerprint density at radius 2 is 1.85 bits per heavy atom. The van der Waals surface area contributed by atoms with Crippen LogP contribution in [0.5, 0.6) is 0 Å². The molecule has 6 heteroatoms. The van der Waals surface area contributed by atoms with E-state index in [0.29, 0.717) is 11.7 Å². The molecule has 1 atom stereocenters. The van der Waals surface area contributed by atoms with Gasteiger partial charge in [0.05, 0.1) is 5.92 Å². The number of hydrogen-bond acceptors (Lipinski definition) is 2. The Labute approximate surface area is 119 Å². The van der Waals surface area contributed by atoms with E-state index < -0.39 is 5.92 Å². The number of piperidine rings is 1. The molecule has 0 spiro atoms. The van der Waals surface area contributed by atoms with Crippen molar-refractivity contribution < 1.29 is 13.6 Å². The monoisotopic (exact) mass is 287 g/mol. The number of ketones is 1. The quantitative estimate of drug-likeness (QED) is 0.590. The zero-order chi connectivity index (χ0) is 15.5. The lowest BCUT2D eigenvalue weighted by atomic mass is 10.1. The standard InChI is InChI=1S/C14H23F2N3O/c1-10(12(3)20)11(2)17-13(18(4)5)19-8-6-14(15,16)7-9-19/h10H,2,6-9H2,1,3-5H3/b17-13+. The molecule has 20 heavy (non-hydrogen) atoms. The van der Waals surface area contributed by atoms with Gasteiger partial charge >= 0.3 is 0 Å². The summed E-state index contributed by atoms with van der Waals surface area (Å²) in [7, 11) is 3.61. The van der Waals surface area contributed by atoms with Crippen LogP contribution in [-0.2, 0) is 4.79 Å². The van der Waals surface area contributed by atoms with Crippen molar-refractivity contribution >= 4 is 11.7 Å². The van der Waals surface area contributed by atoms with Crippen molar-refractivity contribution in [2.75, 3.05) is 27.2 Å². The van der Waals surface area contributed by atoms with E-state index in [9.17, 15) is 13.6 Å². The van der Waals surface area contributed by atoms with E-state index >= 15 is 0 Å². The molecule has 0 radical (unpaired) electrons. The minimum absolute atomic E-state index is 0.0120. The predicted octanol–water partition coefficient (Wildman–Crippen LogP) is 2.37. The SMILES string of the molecule is C=C(/N=C(\N(C)C)N1CCC(F)(F)CC1)C(C)C(C)=O. The molecule has 1 saturated heterocycles. The Morgan fingerprint density at radius 3 is 2.25 bits per heavy atom. The number of aliphatic imine (C=N–C) groups is 1. The summed E-state index contributed by atoms with van der Waals surface area (Å²) in [5.41, 5.74) is 0.457. The van der Waals surface area contributed by atoms with E-state index in [4.69, 9.17) is 0 Å². The van der Waals surface area contributed by atoms with E-state index in [1.807, 2.05) is 4.90 Å². The summed E-state index contributed by atoms with van der Waals surface area (Å²) in [6.07, 6.45) is -0.344. The molecular weight excluding hydrogens is 264 g/mol. The van der Waals surface area contributed by atoms with Crippen LogP contribution in [-0.4, -0.2) is 54.7 Å². The van der Waals surface area contributed by atoms with Crippen molar-refractivity contribution in [2.45, 2.75) is 32.6 Å². The molecule has 1 aliphatic rings. The largest absolute Gasteiger partial charge is 0.349 e. The summed E-state index contributed by atoms with van der Waals surface area (Å²) in [5, 5.41) is 0. The van der Waals surface area contributed by atoms with Crippen LogP contribution in [0.25, 0.3) is 0 Å². The molecule has 0 N–H and O–H groups in total. The first-order chi connectivity index (χ1) is 9.14. The Morgan fingerprint density at radius 1 is 1.35 bits per heavy atom. The van der Waals surface area contributed by atoms with Crippen molar-refractivity contribution in [2.24, 2.45) is 10.9 Å². The molecule has 0 aromatic heterocycles. The van der Waals surface area contributed by atoms with Crippen molar-refractivity contribution in [3.63, 3.8) is 0 Å². The maximum absolute atomic E-state index is 13.2. The van der Waals surface area contributed by atoms with E-state index in [2.05, 4.69) is 11.6 Å². The third kappa shape index (κ3) is 4.28. The van der Waals surface area contributed by atoms with Gasteiger partial charge in [-0.3, -0.25) is 4.79 Å². The highest BCUT2D eigenvalue weighted by Crippen LogP contribution is 2.28. The highest BCUT2D eigenvalue weighted by molar-refractivity contribution is 5.84. The smallest absolute Gasteiger partial charge is 0.251 e. The van der Waals surface area contributed by atoms with Crippen LogP contribution >= 0.6 is 0 Å². The number of nitrogens with zero attached hydrogens (tertiary/aromatic N) is 3. The van der Waals surface area contributed by atoms with Gasteiger partial charge in [-0.05, 0) is 13.8 Å². The van der Waals surface area contributed by atoms with E-state index in [1.165, 1.54) is 6.92 Å². The van der Waals surface area contributed by atoms with E-state index in [-0.39, 0.29) is 37.6 Å². The number of alkyl halides is 2. The second-order valence-electron chi connectivity index (χ2n) is 5.47. The number of halogens is 2. The van der Waals surface area contributed by atoms with Crippen LogP contribution in [0.3, 0.4) is 0 Å². The maximum atomic E-state index is 13.2. The molecule has 1 rings (SSSR count). The van der Waals surface area contributed by atoms with Gasteiger partial charge in [-0.2, -0.15) is 0 Å². The fourth-order valence-corrected chi connectivity index (χ4v) is 1.95. The van der Waals surface area contributed by atoms with Gasteiger partial charge in [-0.15, -0.1) is 0 Å². The zero-order valence-electron chi connectivity index (χ0n) is 12.6. The Balaban J connectivity index is 2.85. The van der Waals surface area contributed by atoms with Crippen molar-refractivity contribution in [1.29, 1.82) is 0 Å². The summed E-state index contributed by atoms with van der Waals surface area (Å²) in [4.78, 5) is 19.3. The summed E-state index contributed by atoms with van der Waals surface area (Å²) < 4.78 is 26.4. The molecule has 114 valence electrons. The molecule has 1 heterocycles. The molecule has 0 aromatic rings. The third-order valence-electron chi connectivity index (χ3n) is 3.53. The molecule has 1 aliphatic heterocycles. The van der Waals surface area contributed by atoms with Crippen LogP contribution < -0.4 is 0 Å². The first kappa shape index (κ1) is 16.6. The molecule has 4 nitrogen and oxygen atoms in total. The van der Waals surface area contributed by atoms with Gasteiger partial charge in [-0.1, -0.05) is 6.58 Å². The molecule has 0 bridgehead atoms. The van der Waals surface area contributed by atoms with E-state index in [1.54, 1.807) is 25.9 Å². The van der Waals surface area contributed by atoms with Gasteiger partial charge < -0.3 is 9.80 Å². The van der Waals surface area contributed by atoms with Crippen LogP contribution in [0.2, 0.25) is 0 Å². The molecule has 0 amide bonds. The van der Waals surface area contributed by atoms with Crippen LogP contribution in [0.15, 0.2) is 17.3 Å². The van der Waals surface area contributed by atoms with Gasteiger partial charge in [0.15, 0.2) is 0 Å². The summed E-state index contributed by atoms with van der Waals surface area (Å²) in [6, 6.07) is 0. The molecule has 1 fully saturated rings. The van der Waals surface area contributed by atoms with Crippen molar-refractivity contribution in [1.82, 2.24) is 9.80 Å². The maximum Gasteiger partial charge on any atom is 0.251 e. The number of allylic oxidation sites excluding steroid dienone is 1. The minimum Gasteiger partial charge on any atom is -0.349 e. The number of rotatable bonds is 3. The molecule has 0 aromatic carbocycles. The lowest BCUT2D eigenvalue weighted by Gasteiger charge is -2.36. The number of carbonyl (C=O) groups excluding carboxylic acids is 1. The lowest BCUT2D eigenvalue weighted by Crippen LogP contribution is -2.47. The lowest BCUT2D eigenvalue weighted by molar-refractivity contribution is -0.119. The molecule has 0 aliphatic carbocycles. The average molecular weight is 287 g/mol. The van der Waals surface area contributed by atoms with E-state index in [0.717, 1.165) is 0 Å². The van der Waals surface area contributed by atoms with Gasteiger partial charge in [0.25, 0.3) is 5.92 Å². The fraction of sp³-hybridized carbons (Fsp3) is 0.714. The Bertz CT molecular complexity index is 409. The third-order valence-corrected chi connectivity index (χ3v) is 3.53. The van der Waals surface area contributed by atoms with Crippen LogP contribution in [0.4, 0.5) is 8.78 Å². The van der Waals surface area contributed by atoms with Gasteiger partial charge in [-0.25, -0.2) is 13.8 Å². The molecule has 1 unspecified atom stereocenters. The minimum atomic E-state index is -2.59. The number of hydrogen-bond donors (Lipinski definition) is 0. The topological polar surface area (TPSA) is 35.9 Å².